The Bertz CT molecular complexity index is 975. The van der Waals surface area contributed by atoms with E-state index in [1.807, 2.05) is 60.2 Å². The number of rotatable bonds is 4. The molecule has 1 aromatic heterocycles. The van der Waals surface area contributed by atoms with E-state index in [1.165, 1.54) is 12.1 Å². The maximum Gasteiger partial charge on any atom is 0.269 e. The second kappa shape index (κ2) is 6.85. The Morgan fingerprint density at radius 2 is 1.80 bits per heavy atom. The second-order valence-corrected chi connectivity index (χ2v) is 5.61. The summed E-state index contributed by atoms with van der Waals surface area (Å²) in [6.45, 7) is 2.00. The monoisotopic (exact) mass is 329 g/mol. The summed E-state index contributed by atoms with van der Waals surface area (Å²) in [6, 6.07) is 20.1. The van der Waals surface area contributed by atoms with E-state index in [0.717, 1.165) is 22.5 Å². The van der Waals surface area contributed by atoms with Crippen molar-refractivity contribution in [2.45, 2.75) is 6.92 Å². The highest BCUT2D eigenvalue weighted by atomic mass is 16.6. The molecule has 122 valence electrons. The Balaban J connectivity index is 1.99. The number of benzene rings is 2. The number of allylic oxidation sites excluding steroid dienone is 1. The summed E-state index contributed by atoms with van der Waals surface area (Å²) < 4.78 is 1.88. The number of nitro groups is 1. The molecule has 0 fully saturated rings. The first-order chi connectivity index (χ1) is 12.1. The third-order valence-corrected chi connectivity index (χ3v) is 3.89. The molecule has 0 amide bonds. The highest BCUT2D eigenvalue weighted by Gasteiger charge is 2.08. The number of aryl methyl sites for hydroxylation is 1. The molecule has 1 heterocycles. The summed E-state index contributed by atoms with van der Waals surface area (Å²) in [5.41, 5.74) is 4.21. The van der Waals surface area contributed by atoms with Gasteiger partial charge >= 0.3 is 0 Å². The number of nitrogens with zero attached hydrogens (tertiary/aromatic N) is 3. The molecule has 5 heteroatoms. The molecule has 3 rings (SSSR count). The average molecular weight is 329 g/mol. The van der Waals surface area contributed by atoms with Crippen molar-refractivity contribution in [2.24, 2.45) is 0 Å². The van der Waals surface area contributed by atoms with Crippen LogP contribution in [0.5, 0.6) is 0 Å². The van der Waals surface area contributed by atoms with Crippen LogP contribution < -0.4 is 0 Å². The molecule has 0 unspecified atom stereocenters. The van der Waals surface area contributed by atoms with E-state index >= 15 is 0 Å². The molecule has 0 spiro atoms. The van der Waals surface area contributed by atoms with Gasteiger partial charge in [-0.2, -0.15) is 5.26 Å². The van der Waals surface area contributed by atoms with E-state index in [-0.39, 0.29) is 5.69 Å². The van der Waals surface area contributed by atoms with Crippen LogP contribution in [0.3, 0.4) is 0 Å². The summed E-state index contributed by atoms with van der Waals surface area (Å²) >= 11 is 0. The third kappa shape index (κ3) is 3.48. The predicted octanol–water partition coefficient (Wildman–Crippen LogP) is 4.76. The molecule has 0 aliphatic heterocycles. The van der Waals surface area contributed by atoms with Crippen molar-refractivity contribution in [3.05, 3.63) is 93.8 Å². The lowest BCUT2D eigenvalue weighted by atomic mass is 10.0. The Kier molecular flexibility index (Phi) is 4.44. The first kappa shape index (κ1) is 16.2. The summed E-state index contributed by atoms with van der Waals surface area (Å²) in [5.74, 6) is 0. The van der Waals surface area contributed by atoms with Crippen LogP contribution in [0.15, 0.2) is 66.9 Å². The molecule has 0 N–H and O–H groups in total. The van der Waals surface area contributed by atoms with Crippen LogP contribution in [0.25, 0.3) is 17.3 Å². The van der Waals surface area contributed by atoms with E-state index in [2.05, 4.69) is 6.07 Å². The van der Waals surface area contributed by atoms with Crippen LogP contribution in [0.2, 0.25) is 0 Å². The van der Waals surface area contributed by atoms with Crippen molar-refractivity contribution >= 4 is 17.3 Å². The zero-order valence-electron chi connectivity index (χ0n) is 13.6. The van der Waals surface area contributed by atoms with Gasteiger partial charge in [0.05, 0.1) is 16.6 Å². The second-order valence-electron chi connectivity index (χ2n) is 5.61. The van der Waals surface area contributed by atoms with Crippen molar-refractivity contribution in [3.63, 3.8) is 0 Å². The molecule has 0 aliphatic rings. The van der Waals surface area contributed by atoms with Crippen molar-refractivity contribution in [2.75, 3.05) is 0 Å². The summed E-state index contributed by atoms with van der Waals surface area (Å²) in [4.78, 5) is 10.4. The lowest BCUT2D eigenvalue weighted by Crippen LogP contribution is -1.96. The molecule has 25 heavy (non-hydrogen) atoms. The zero-order valence-corrected chi connectivity index (χ0v) is 13.6. The van der Waals surface area contributed by atoms with E-state index in [1.54, 1.807) is 12.1 Å². The van der Waals surface area contributed by atoms with E-state index in [0.29, 0.717) is 5.57 Å². The molecule has 0 saturated carbocycles. The number of aromatic nitrogens is 1. The minimum atomic E-state index is -0.425. The van der Waals surface area contributed by atoms with Gasteiger partial charge in [0.25, 0.3) is 5.69 Å². The van der Waals surface area contributed by atoms with Gasteiger partial charge in [-0.15, -0.1) is 0 Å². The molecule has 5 nitrogen and oxygen atoms in total. The van der Waals surface area contributed by atoms with Gasteiger partial charge in [0.2, 0.25) is 0 Å². The van der Waals surface area contributed by atoms with Gasteiger partial charge < -0.3 is 4.57 Å². The maximum atomic E-state index is 10.8. The van der Waals surface area contributed by atoms with E-state index < -0.39 is 4.92 Å². The number of hydrogen-bond acceptors (Lipinski definition) is 3. The van der Waals surface area contributed by atoms with Crippen LogP contribution in [-0.4, -0.2) is 9.49 Å². The SMILES string of the molecule is Cc1ccc(/C(C#N)=C\c2cccn2-c2ccc([N+](=O)[O-])cc2)cc1. The largest absolute Gasteiger partial charge is 0.317 e. The molecule has 0 saturated heterocycles. The van der Waals surface area contributed by atoms with Crippen LogP contribution in [0.4, 0.5) is 5.69 Å². The highest BCUT2D eigenvalue weighted by Crippen LogP contribution is 2.22. The molecule has 2 aromatic carbocycles. The first-order valence-corrected chi connectivity index (χ1v) is 7.69. The van der Waals surface area contributed by atoms with Crippen LogP contribution in [0, 0.1) is 28.4 Å². The van der Waals surface area contributed by atoms with Gasteiger partial charge in [0.1, 0.15) is 0 Å². The molecule has 0 bridgehead atoms. The molecular formula is C20H15N3O2. The minimum absolute atomic E-state index is 0.0466. The van der Waals surface area contributed by atoms with Crippen LogP contribution in [0.1, 0.15) is 16.8 Å². The zero-order chi connectivity index (χ0) is 17.8. The summed E-state index contributed by atoms with van der Waals surface area (Å²) in [7, 11) is 0. The predicted molar refractivity (Wildman–Crippen MR) is 97.1 cm³/mol. The van der Waals surface area contributed by atoms with Gasteiger partial charge in [-0.05, 0) is 42.8 Å². The first-order valence-electron chi connectivity index (χ1n) is 7.69. The van der Waals surface area contributed by atoms with Crippen molar-refractivity contribution in [3.8, 4) is 11.8 Å². The van der Waals surface area contributed by atoms with Gasteiger partial charge in [0.15, 0.2) is 0 Å². The lowest BCUT2D eigenvalue weighted by Gasteiger charge is -2.07. The Morgan fingerprint density at radius 3 is 2.40 bits per heavy atom. The Labute approximate surface area is 145 Å². The quantitative estimate of drug-likeness (QED) is 0.393. The van der Waals surface area contributed by atoms with Crippen LogP contribution in [-0.2, 0) is 0 Å². The summed E-state index contributed by atoms with van der Waals surface area (Å²) in [6.07, 6.45) is 3.67. The molecule has 0 atom stereocenters. The number of nitriles is 1. The van der Waals surface area contributed by atoms with Crippen molar-refractivity contribution in [1.82, 2.24) is 4.57 Å². The van der Waals surface area contributed by atoms with Crippen LogP contribution >= 0.6 is 0 Å². The van der Waals surface area contributed by atoms with Gasteiger partial charge in [-0.1, -0.05) is 29.8 Å². The topological polar surface area (TPSA) is 71.9 Å². The Morgan fingerprint density at radius 1 is 1.12 bits per heavy atom. The number of nitro benzene ring substituents is 1. The fourth-order valence-corrected chi connectivity index (χ4v) is 2.54. The third-order valence-electron chi connectivity index (χ3n) is 3.89. The molecule has 0 aliphatic carbocycles. The smallest absolute Gasteiger partial charge is 0.269 e. The summed E-state index contributed by atoms with van der Waals surface area (Å²) in [5, 5.41) is 20.3. The standard InChI is InChI=1S/C20H15N3O2/c1-15-4-6-16(7-5-15)17(14-21)13-20-3-2-12-22(20)18-8-10-19(11-9-18)23(24)25/h2-13H,1H3/b17-13-. The molecule has 3 aromatic rings. The van der Waals surface area contributed by atoms with Crippen molar-refractivity contribution in [1.29, 1.82) is 5.26 Å². The average Bonchev–Trinajstić information content (AvgIpc) is 3.09. The fraction of sp³-hybridized carbons (Fsp3) is 0.0500. The minimum Gasteiger partial charge on any atom is -0.317 e. The van der Waals surface area contributed by atoms with Gasteiger partial charge in [0, 0.05) is 29.7 Å². The van der Waals surface area contributed by atoms with Gasteiger partial charge in [-0.25, -0.2) is 0 Å². The van der Waals surface area contributed by atoms with Crippen molar-refractivity contribution < 1.29 is 4.92 Å². The number of hydrogen-bond donors (Lipinski definition) is 0. The Hall–Kier alpha value is -3.65. The van der Waals surface area contributed by atoms with Gasteiger partial charge in [-0.3, -0.25) is 10.1 Å². The normalized spacial score (nSPS) is 11.1. The number of non-ortho nitro benzene ring substituents is 1. The highest BCUT2D eigenvalue weighted by molar-refractivity contribution is 5.89. The fourth-order valence-electron chi connectivity index (χ4n) is 2.54. The maximum absolute atomic E-state index is 10.8. The lowest BCUT2D eigenvalue weighted by molar-refractivity contribution is -0.384. The molecular weight excluding hydrogens is 314 g/mol. The van der Waals surface area contributed by atoms with E-state index in [4.69, 9.17) is 0 Å². The van der Waals surface area contributed by atoms with E-state index in [9.17, 15) is 15.4 Å². The molecule has 0 radical (unpaired) electrons.